The van der Waals surface area contributed by atoms with Crippen LogP contribution in [0, 0.1) is 5.92 Å². The molecule has 0 spiro atoms. The highest BCUT2D eigenvalue weighted by Gasteiger charge is 2.19. The zero-order valence-corrected chi connectivity index (χ0v) is 10.9. The van der Waals surface area contributed by atoms with Crippen molar-refractivity contribution >= 4 is 11.8 Å². The minimum Gasteiger partial charge on any atom is -0.392 e. The summed E-state index contributed by atoms with van der Waals surface area (Å²) in [5.74, 6) is 1.96. The lowest BCUT2D eigenvalue weighted by atomic mass is 10.00. The quantitative estimate of drug-likeness (QED) is 0.727. The molecule has 1 aliphatic carbocycles. The molecule has 1 N–H and O–H groups in total. The van der Waals surface area contributed by atoms with Gasteiger partial charge in [0.25, 0.3) is 0 Å². The number of rotatable bonds is 7. The van der Waals surface area contributed by atoms with E-state index in [0.29, 0.717) is 0 Å². The van der Waals surface area contributed by atoms with Crippen molar-refractivity contribution in [1.29, 1.82) is 0 Å². The van der Waals surface area contributed by atoms with Crippen LogP contribution >= 0.6 is 11.8 Å². The number of likely N-dealkylation sites (N-methyl/N-ethyl adjacent to an activating group) is 1. The summed E-state index contributed by atoms with van der Waals surface area (Å²) in [5.41, 5.74) is 0. The number of hydrogen-bond donors (Lipinski definition) is 1. The number of aliphatic hydroxyl groups excluding tert-OH is 1. The Hall–Kier alpha value is 0.270. The van der Waals surface area contributed by atoms with Crippen LogP contribution in [0.15, 0.2) is 0 Å². The van der Waals surface area contributed by atoms with Crippen molar-refractivity contribution in [3.63, 3.8) is 0 Å². The third-order valence-electron chi connectivity index (χ3n) is 3.28. The Morgan fingerprint density at radius 3 is 2.67 bits per heavy atom. The monoisotopic (exact) mass is 231 g/mol. The molecule has 1 rings (SSSR count). The predicted octanol–water partition coefficient (Wildman–Crippen LogP) is 2.22. The van der Waals surface area contributed by atoms with E-state index in [-0.39, 0.29) is 6.10 Å². The SMILES string of the molecule is CSCCN(C)CC(O)CC1CCCC1. The molecule has 0 aliphatic heterocycles. The lowest BCUT2D eigenvalue weighted by molar-refractivity contribution is 0.104. The maximum atomic E-state index is 9.93. The molecule has 0 amide bonds. The minimum atomic E-state index is -0.111. The predicted molar refractivity (Wildman–Crippen MR) is 68.5 cm³/mol. The Morgan fingerprint density at radius 2 is 2.07 bits per heavy atom. The van der Waals surface area contributed by atoms with Crippen molar-refractivity contribution in [1.82, 2.24) is 4.90 Å². The summed E-state index contributed by atoms with van der Waals surface area (Å²) in [6.07, 6.45) is 8.46. The fourth-order valence-electron chi connectivity index (χ4n) is 2.40. The van der Waals surface area contributed by atoms with Crippen molar-refractivity contribution in [2.45, 2.75) is 38.2 Å². The fourth-order valence-corrected chi connectivity index (χ4v) is 2.90. The normalized spacial score (nSPS) is 20.0. The largest absolute Gasteiger partial charge is 0.392 e. The van der Waals surface area contributed by atoms with Gasteiger partial charge in [-0.15, -0.1) is 0 Å². The highest BCUT2D eigenvalue weighted by atomic mass is 32.2. The lowest BCUT2D eigenvalue weighted by Crippen LogP contribution is -2.31. The minimum absolute atomic E-state index is 0.111. The van der Waals surface area contributed by atoms with Crippen LogP contribution in [0.5, 0.6) is 0 Å². The van der Waals surface area contributed by atoms with E-state index < -0.39 is 0 Å². The van der Waals surface area contributed by atoms with Gasteiger partial charge in [-0.05, 0) is 25.6 Å². The molecule has 3 heteroatoms. The van der Waals surface area contributed by atoms with Gasteiger partial charge in [0, 0.05) is 18.8 Å². The molecule has 1 fully saturated rings. The third kappa shape index (κ3) is 5.79. The molecule has 90 valence electrons. The Morgan fingerprint density at radius 1 is 1.40 bits per heavy atom. The standard InChI is InChI=1S/C12H25NOS/c1-13(7-8-15-2)10-12(14)9-11-5-3-4-6-11/h11-12,14H,3-10H2,1-2H3. The van der Waals surface area contributed by atoms with E-state index in [1.54, 1.807) is 0 Å². The van der Waals surface area contributed by atoms with Crippen LogP contribution < -0.4 is 0 Å². The van der Waals surface area contributed by atoms with Crippen molar-refractivity contribution < 1.29 is 5.11 Å². The van der Waals surface area contributed by atoms with Crippen LogP contribution in [-0.2, 0) is 0 Å². The molecule has 1 saturated carbocycles. The molecule has 0 aromatic rings. The van der Waals surface area contributed by atoms with Gasteiger partial charge >= 0.3 is 0 Å². The van der Waals surface area contributed by atoms with Gasteiger partial charge in [0.15, 0.2) is 0 Å². The van der Waals surface area contributed by atoms with E-state index in [4.69, 9.17) is 0 Å². The van der Waals surface area contributed by atoms with E-state index in [9.17, 15) is 5.11 Å². The van der Waals surface area contributed by atoms with E-state index in [0.717, 1.165) is 31.2 Å². The van der Waals surface area contributed by atoms with Gasteiger partial charge < -0.3 is 10.0 Å². The molecule has 0 bridgehead atoms. The summed E-state index contributed by atoms with van der Waals surface area (Å²) in [4.78, 5) is 2.25. The second kappa shape index (κ2) is 7.53. The zero-order valence-electron chi connectivity index (χ0n) is 10.1. The van der Waals surface area contributed by atoms with Crippen molar-refractivity contribution in [2.75, 3.05) is 32.1 Å². The van der Waals surface area contributed by atoms with Crippen LogP contribution in [0.4, 0.5) is 0 Å². The zero-order chi connectivity index (χ0) is 11.1. The van der Waals surface area contributed by atoms with Crippen molar-refractivity contribution in [3.05, 3.63) is 0 Å². The second-order valence-corrected chi connectivity index (χ2v) is 5.78. The molecule has 0 aromatic heterocycles. The van der Waals surface area contributed by atoms with Crippen LogP contribution in [0.1, 0.15) is 32.1 Å². The Labute approximate surface area is 98.4 Å². The molecule has 0 heterocycles. The van der Waals surface area contributed by atoms with Gasteiger partial charge in [0.1, 0.15) is 0 Å². The highest BCUT2D eigenvalue weighted by molar-refractivity contribution is 7.98. The number of thioether (sulfide) groups is 1. The van der Waals surface area contributed by atoms with Gasteiger partial charge in [-0.3, -0.25) is 0 Å². The van der Waals surface area contributed by atoms with Crippen LogP contribution in [0.25, 0.3) is 0 Å². The molecule has 0 aromatic carbocycles. The van der Waals surface area contributed by atoms with Gasteiger partial charge in [-0.25, -0.2) is 0 Å². The average Bonchev–Trinajstić information content (AvgIpc) is 2.67. The van der Waals surface area contributed by atoms with E-state index in [1.807, 2.05) is 11.8 Å². The topological polar surface area (TPSA) is 23.5 Å². The van der Waals surface area contributed by atoms with Gasteiger partial charge in [0.2, 0.25) is 0 Å². The maximum absolute atomic E-state index is 9.93. The van der Waals surface area contributed by atoms with Crippen molar-refractivity contribution in [3.8, 4) is 0 Å². The first-order chi connectivity index (χ1) is 7.22. The molecular weight excluding hydrogens is 206 g/mol. The number of hydrogen-bond acceptors (Lipinski definition) is 3. The van der Waals surface area contributed by atoms with E-state index >= 15 is 0 Å². The fraction of sp³-hybridized carbons (Fsp3) is 1.00. The second-order valence-electron chi connectivity index (χ2n) is 4.80. The molecule has 2 nitrogen and oxygen atoms in total. The summed E-state index contributed by atoms with van der Waals surface area (Å²) in [7, 11) is 2.11. The Bertz CT molecular complexity index is 160. The molecule has 0 radical (unpaired) electrons. The molecule has 1 atom stereocenters. The summed E-state index contributed by atoms with van der Waals surface area (Å²) in [6.45, 7) is 1.93. The van der Waals surface area contributed by atoms with E-state index in [2.05, 4.69) is 18.2 Å². The van der Waals surface area contributed by atoms with Gasteiger partial charge in [-0.2, -0.15) is 11.8 Å². The summed E-state index contributed by atoms with van der Waals surface area (Å²) < 4.78 is 0. The summed E-state index contributed by atoms with van der Waals surface area (Å²) in [6, 6.07) is 0. The smallest absolute Gasteiger partial charge is 0.0669 e. The average molecular weight is 231 g/mol. The number of nitrogens with zero attached hydrogens (tertiary/aromatic N) is 1. The maximum Gasteiger partial charge on any atom is 0.0669 e. The molecule has 1 aliphatic rings. The van der Waals surface area contributed by atoms with Crippen LogP contribution in [-0.4, -0.2) is 48.3 Å². The summed E-state index contributed by atoms with van der Waals surface area (Å²) in [5, 5.41) is 9.93. The first kappa shape index (κ1) is 13.3. The number of aliphatic hydroxyl groups is 1. The first-order valence-corrected chi connectivity index (χ1v) is 7.47. The Balaban J connectivity index is 2.08. The summed E-state index contributed by atoms with van der Waals surface area (Å²) >= 11 is 1.87. The molecule has 1 unspecified atom stereocenters. The van der Waals surface area contributed by atoms with Crippen molar-refractivity contribution in [2.24, 2.45) is 5.92 Å². The lowest BCUT2D eigenvalue weighted by Gasteiger charge is -2.22. The van der Waals surface area contributed by atoms with Crippen LogP contribution in [0.2, 0.25) is 0 Å². The Kier molecular flexibility index (Phi) is 6.69. The first-order valence-electron chi connectivity index (χ1n) is 6.08. The van der Waals surface area contributed by atoms with E-state index in [1.165, 1.54) is 25.7 Å². The van der Waals surface area contributed by atoms with Crippen LogP contribution in [0.3, 0.4) is 0 Å². The van der Waals surface area contributed by atoms with Gasteiger partial charge in [-0.1, -0.05) is 25.7 Å². The highest BCUT2D eigenvalue weighted by Crippen LogP contribution is 2.28. The molecule has 0 saturated heterocycles. The van der Waals surface area contributed by atoms with Gasteiger partial charge in [0.05, 0.1) is 6.10 Å². The molecule has 15 heavy (non-hydrogen) atoms. The molecular formula is C12H25NOS. The third-order valence-corrected chi connectivity index (χ3v) is 3.87.